The molecule has 94 valence electrons. The summed E-state index contributed by atoms with van der Waals surface area (Å²) in [6.07, 6.45) is 0.255. The summed E-state index contributed by atoms with van der Waals surface area (Å²) in [6.45, 7) is 3.86. The minimum atomic E-state index is -0.666. The van der Waals surface area contributed by atoms with Crippen molar-refractivity contribution in [2.45, 2.75) is 32.7 Å². The molecule has 1 rings (SSSR count). The highest BCUT2D eigenvalue weighted by molar-refractivity contribution is 5.81. The lowest BCUT2D eigenvalue weighted by Gasteiger charge is -2.14. The van der Waals surface area contributed by atoms with Crippen LogP contribution < -0.4 is 5.73 Å². The maximum absolute atomic E-state index is 12.9. The number of carbonyl (C=O) groups is 1. The molecule has 0 saturated heterocycles. The summed E-state index contributed by atoms with van der Waals surface area (Å²) in [5.41, 5.74) is 6.11. The standard InChI is InChI=1S/C13H17F2NO/c1-8(2)13(16)7-12(17)5-9-3-10(14)6-11(15)4-9/h3-4,6,8,13H,5,7,16H2,1-2H3. The molecule has 4 heteroatoms. The Morgan fingerprint density at radius 3 is 2.24 bits per heavy atom. The van der Waals surface area contributed by atoms with E-state index in [9.17, 15) is 13.6 Å². The quantitative estimate of drug-likeness (QED) is 0.860. The zero-order valence-electron chi connectivity index (χ0n) is 10.0. The fourth-order valence-corrected chi connectivity index (χ4v) is 1.51. The normalized spacial score (nSPS) is 12.8. The first-order valence-electron chi connectivity index (χ1n) is 5.60. The number of hydrogen-bond acceptors (Lipinski definition) is 2. The highest BCUT2D eigenvalue weighted by atomic mass is 19.1. The molecule has 1 aromatic rings. The molecule has 1 aromatic carbocycles. The van der Waals surface area contributed by atoms with E-state index in [2.05, 4.69) is 0 Å². The van der Waals surface area contributed by atoms with Crippen LogP contribution in [0.2, 0.25) is 0 Å². The van der Waals surface area contributed by atoms with Gasteiger partial charge in [0.2, 0.25) is 0 Å². The molecule has 0 amide bonds. The molecule has 0 aromatic heterocycles. The second kappa shape index (κ2) is 5.87. The second-order valence-corrected chi connectivity index (χ2v) is 4.61. The molecule has 1 unspecified atom stereocenters. The Labute approximate surface area is 99.8 Å². The van der Waals surface area contributed by atoms with Crippen LogP contribution in [0, 0.1) is 17.6 Å². The van der Waals surface area contributed by atoms with E-state index in [0.29, 0.717) is 5.56 Å². The van der Waals surface area contributed by atoms with Crippen molar-refractivity contribution >= 4 is 5.78 Å². The van der Waals surface area contributed by atoms with Gasteiger partial charge >= 0.3 is 0 Å². The van der Waals surface area contributed by atoms with Gasteiger partial charge in [-0.2, -0.15) is 0 Å². The van der Waals surface area contributed by atoms with Crippen LogP contribution >= 0.6 is 0 Å². The number of hydrogen-bond donors (Lipinski definition) is 1. The Balaban J connectivity index is 2.62. The second-order valence-electron chi connectivity index (χ2n) is 4.61. The van der Waals surface area contributed by atoms with Crippen LogP contribution in [0.4, 0.5) is 8.78 Å². The van der Waals surface area contributed by atoms with E-state index in [0.717, 1.165) is 6.07 Å². The molecule has 0 aliphatic rings. The van der Waals surface area contributed by atoms with Crippen LogP contribution in [0.1, 0.15) is 25.8 Å². The molecular formula is C13H17F2NO. The van der Waals surface area contributed by atoms with Gasteiger partial charge in [-0.25, -0.2) is 8.78 Å². The van der Waals surface area contributed by atoms with E-state index in [1.165, 1.54) is 12.1 Å². The Morgan fingerprint density at radius 2 is 1.76 bits per heavy atom. The zero-order valence-corrected chi connectivity index (χ0v) is 10.0. The van der Waals surface area contributed by atoms with E-state index >= 15 is 0 Å². The molecule has 0 aliphatic heterocycles. The molecule has 2 N–H and O–H groups in total. The Hall–Kier alpha value is -1.29. The van der Waals surface area contributed by atoms with Gasteiger partial charge in [-0.05, 0) is 23.6 Å². The summed E-state index contributed by atoms with van der Waals surface area (Å²) in [5.74, 6) is -1.22. The minimum absolute atomic E-state index is 0.0229. The predicted octanol–water partition coefficient (Wildman–Crippen LogP) is 2.45. The molecule has 0 saturated carbocycles. The smallest absolute Gasteiger partial charge is 0.138 e. The molecule has 17 heavy (non-hydrogen) atoms. The fraction of sp³-hybridized carbons (Fsp3) is 0.462. The number of halogens is 2. The SMILES string of the molecule is CC(C)C(N)CC(=O)Cc1cc(F)cc(F)c1. The van der Waals surface area contributed by atoms with Crippen molar-refractivity contribution in [1.29, 1.82) is 0 Å². The molecule has 0 bridgehead atoms. The van der Waals surface area contributed by atoms with Crippen molar-refractivity contribution in [3.05, 3.63) is 35.4 Å². The molecule has 2 nitrogen and oxygen atoms in total. The van der Waals surface area contributed by atoms with Crippen molar-refractivity contribution in [3.8, 4) is 0 Å². The molecule has 0 spiro atoms. The van der Waals surface area contributed by atoms with E-state index in [-0.39, 0.29) is 30.6 Å². The highest BCUT2D eigenvalue weighted by Gasteiger charge is 2.14. The third-order valence-electron chi connectivity index (χ3n) is 2.64. The topological polar surface area (TPSA) is 43.1 Å². The van der Waals surface area contributed by atoms with Crippen LogP contribution in [-0.2, 0) is 11.2 Å². The van der Waals surface area contributed by atoms with Gasteiger partial charge in [0.25, 0.3) is 0 Å². The van der Waals surface area contributed by atoms with E-state index < -0.39 is 11.6 Å². The average Bonchev–Trinajstić information content (AvgIpc) is 2.14. The number of Topliss-reactive ketones (excluding diaryl/α,β-unsaturated/α-hetero) is 1. The third-order valence-corrected chi connectivity index (χ3v) is 2.64. The van der Waals surface area contributed by atoms with Crippen molar-refractivity contribution in [2.75, 3.05) is 0 Å². The molecule has 0 heterocycles. The molecular weight excluding hydrogens is 224 g/mol. The van der Waals surface area contributed by atoms with Gasteiger partial charge in [0.1, 0.15) is 17.4 Å². The van der Waals surface area contributed by atoms with Crippen molar-refractivity contribution in [2.24, 2.45) is 11.7 Å². The van der Waals surface area contributed by atoms with Crippen LogP contribution in [0.15, 0.2) is 18.2 Å². The predicted molar refractivity (Wildman–Crippen MR) is 62.5 cm³/mol. The van der Waals surface area contributed by atoms with E-state index in [1.54, 1.807) is 0 Å². The number of rotatable bonds is 5. The minimum Gasteiger partial charge on any atom is -0.327 e. The first-order chi connectivity index (χ1) is 7.88. The van der Waals surface area contributed by atoms with Gasteiger partial charge in [0, 0.05) is 24.9 Å². The lowest BCUT2D eigenvalue weighted by molar-refractivity contribution is -0.118. The molecule has 1 atom stereocenters. The summed E-state index contributed by atoms with van der Waals surface area (Å²) in [7, 11) is 0. The summed E-state index contributed by atoms with van der Waals surface area (Å²) in [4.78, 5) is 11.6. The number of nitrogens with two attached hydrogens (primary N) is 1. The molecule has 0 aliphatic carbocycles. The first-order valence-corrected chi connectivity index (χ1v) is 5.60. The van der Waals surface area contributed by atoms with Crippen LogP contribution in [-0.4, -0.2) is 11.8 Å². The Bertz CT molecular complexity index is 384. The zero-order chi connectivity index (χ0) is 13.0. The molecule has 0 radical (unpaired) electrons. The number of carbonyl (C=O) groups excluding carboxylic acids is 1. The molecule has 0 fully saturated rings. The van der Waals surface area contributed by atoms with Crippen molar-refractivity contribution < 1.29 is 13.6 Å². The fourth-order valence-electron chi connectivity index (χ4n) is 1.51. The summed E-state index contributed by atoms with van der Waals surface area (Å²) in [5, 5.41) is 0. The van der Waals surface area contributed by atoms with Crippen LogP contribution in [0.3, 0.4) is 0 Å². The maximum atomic E-state index is 12.9. The lowest BCUT2D eigenvalue weighted by Crippen LogP contribution is -2.29. The summed E-state index contributed by atoms with van der Waals surface area (Å²) >= 11 is 0. The summed E-state index contributed by atoms with van der Waals surface area (Å²) in [6, 6.07) is 2.92. The van der Waals surface area contributed by atoms with Crippen molar-refractivity contribution in [3.63, 3.8) is 0 Å². The van der Waals surface area contributed by atoms with Gasteiger partial charge in [0.15, 0.2) is 0 Å². The average molecular weight is 241 g/mol. The van der Waals surface area contributed by atoms with Gasteiger partial charge in [-0.3, -0.25) is 4.79 Å². The van der Waals surface area contributed by atoms with Gasteiger partial charge in [0.05, 0.1) is 0 Å². The third kappa shape index (κ3) is 4.61. The monoisotopic (exact) mass is 241 g/mol. The van der Waals surface area contributed by atoms with E-state index in [1.807, 2.05) is 13.8 Å². The summed E-state index contributed by atoms with van der Waals surface area (Å²) < 4.78 is 25.8. The van der Waals surface area contributed by atoms with Gasteiger partial charge in [-0.15, -0.1) is 0 Å². The van der Waals surface area contributed by atoms with Gasteiger partial charge < -0.3 is 5.73 Å². The van der Waals surface area contributed by atoms with Crippen molar-refractivity contribution in [1.82, 2.24) is 0 Å². The Kier molecular flexibility index (Phi) is 4.75. The van der Waals surface area contributed by atoms with Gasteiger partial charge in [-0.1, -0.05) is 13.8 Å². The number of ketones is 1. The van der Waals surface area contributed by atoms with Crippen LogP contribution in [0.25, 0.3) is 0 Å². The largest absolute Gasteiger partial charge is 0.327 e. The lowest BCUT2D eigenvalue weighted by atomic mass is 9.97. The van der Waals surface area contributed by atoms with Crippen LogP contribution in [0.5, 0.6) is 0 Å². The maximum Gasteiger partial charge on any atom is 0.138 e. The first kappa shape index (κ1) is 13.8. The highest BCUT2D eigenvalue weighted by Crippen LogP contribution is 2.11. The van der Waals surface area contributed by atoms with E-state index in [4.69, 9.17) is 5.73 Å². The Morgan fingerprint density at radius 1 is 1.24 bits per heavy atom. The number of benzene rings is 1.